The molecule has 0 saturated heterocycles. The molecule has 0 aliphatic heterocycles. The van der Waals surface area contributed by atoms with E-state index >= 15 is 0 Å². The SMILES string of the molecule is C/C(=C\C=C/N(C)C1=CCC(c2ccccc2)C=C1)Cc1ccc(O)cc1. The molecule has 0 heterocycles. The summed E-state index contributed by atoms with van der Waals surface area (Å²) < 4.78 is 0. The lowest BCUT2D eigenvalue weighted by molar-refractivity contribution is 0.475. The molecule has 1 N–H and O–H groups in total. The lowest BCUT2D eigenvalue weighted by Gasteiger charge is -2.21. The number of aromatic hydroxyl groups is 1. The average Bonchev–Trinajstić information content (AvgIpc) is 2.70. The summed E-state index contributed by atoms with van der Waals surface area (Å²) in [5, 5.41) is 9.36. The zero-order chi connectivity index (χ0) is 19.1. The largest absolute Gasteiger partial charge is 0.508 e. The van der Waals surface area contributed by atoms with Gasteiger partial charge in [-0.05, 0) is 55.2 Å². The molecule has 27 heavy (non-hydrogen) atoms. The first kappa shape index (κ1) is 18.8. The molecule has 0 fully saturated rings. The van der Waals surface area contributed by atoms with E-state index in [4.69, 9.17) is 0 Å². The fraction of sp³-hybridized carbons (Fsp3) is 0.200. The summed E-state index contributed by atoms with van der Waals surface area (Å²) in [5.41, 5.74) is 5.08. The third-order valence-corrected chi connectivity index (χ3v) is 4.82. The minimum atomic E-state index is 0.310. The van der Waals surface area contributed by atoms with Gasteiger partial charge in [-0.25, -0.2) is 0 Å². The summed E-state index contributed by atoms with van der Waals surface area (Å²) >= 11 is 0. The van der Waals surface area contributed by atoms with Gasteiger partial charge < -0.3 is 10.0 Å². The fourth-order valence-corrected chi connectivity index (χ4v) is 3.24. The third-order valence-electron chi connectivity index (χ3n) is 4.82. The van der Waals surface area contributed by atoms with E-state index in [1.165, 1.54) is 22.4 Å². The summed E-state index contributed by atoms with van der Waals surface area (Å²) in [6.07, 6.45) is 15.0. The second-order valence-electron chi connectivity index (χ2n) is 7.05. The van der Waals surface area contributed by atoms with Crippen molar-refractivity contribution in [1.29, 1.82) is 0 Å². The Morgan fingerprint density at radius 2 is 1.85 bits per heavy atom. The van der Waals surface area contributed by atoms with Crippen molar-refractivity contribution in [2.75, 3.05) is 7.05 Å². The molecule has 2 aromatic carbocycles. The van der Waals surface area contributed by atoms with Crippen LogP contribution in [0.3, 0.4) is 0 Å². The van der Waals surface area contributed by atoms with Crippen LogP contribution >= 0.6 is 0 Å². The predicted octanol–water partition coefficient (Wildman–Crippen LogP) is 5.95. The first-order valence-electron chi connectivity index (χ1n) is 9.40. The normalized spacial score (nSPS) is 17.2. The molecule has 1 aliphatic carbocycles. The van der Waals surface area contributed by atoms with Crippen molar-refractivity contribution >= 4 is 0 Å². The summed E-state index contributed by atoms with van der Waals surface area (Å²) in [6, 6.07) is 18.0. The van der Waals surface area contributed by atoms with Crippen molar-refractivity contribution in [2.45, 2.75) is 25.7 Å². The molecule has 0 spiro atoms. The van der Waals surface area contributed by atoms with Crippen molar-refractivity contribution in [3.63, 3.8) is 0 Å². The van der Waals surface area contributed by atoms with Crippen LogP contribution in [0.25, 0.3) is 0 Å². The van der Waals surface area contributed by atoms with Crippen LogP contribution < -0.4 is 0 Å². The molecule has 0 saturated carbocycles. The van der Waals surface area contributed by atoms with Crippen LogP contribution in [0, 0.1) is 0 Å². The Kier molecular flexibility index (Phi) is 6.32. The van der Waals surface area contributed by atoms with Crippen LogP contribution in [0.2, 0.25) is 0 Å². The summed E-state index contributed by atoms with van der Waals surface area (Å²) in [4.78, 5) is 2.15. The summed E-state index contributed by atoms with van der Waals surface area (Å²) in [5.74, 6) is 0.782. The number of phenols is 1. The Bertz CT molecular complexity index is 857. The Morgan fingerprint density at radius 3 is 2.52 bits per heavy atom. The topological polar surface area (TPSA) is 23.5 Å². The zero-order valence-corrected chi connectivity index (χ0v) is 16.0. The molecule has 0 amide bonds. The van der Waals surface area contributed by atoms with Gasteiger partial charge in [0, 0.05) is 24.9 Å². The van der Waals surface area contributed by atoms with Gasteiger partial charge in [-0.15, -0.1) is 0 Å². The monoisotopic (exact) mass is 357 g/mol. The van der Waals surface area contributed by atoms with Gasteiger partial charge in [0.25, 0.3) is 0 Å². The van der Waals surface area contributed by atoms with E-state index in [0.29, 0.717) is 11.7 Å². The molecule has 1 atom stereocenters. The van der Waals surface area contributed by atoms with Crippen LogP contribution in [0.15, 0.2) is 102 Å². The van der Waals surface area contributed by atoms with E-state index in [0.717, 1.165) is 12.8 Å². The van der Waals surface area contributed by atoms with Crippen LogP contribution in [0.5, 0.6) is 5.75 Å². The zero-order valence-electron chi connectivity index (χ0n) is 16.0. The predicted molar refractivity (Wildman–Crippen MR) is 113 cm³/mol. The second kappa shape index (κ2) is 9.09. The van der Waals surface area contributed by atoms with Crippen LogP contribution in [-0.4, -0.2) is 17.1 Å². The molecule has 0 aromatic heterocycles. The molecule has 0 radical (unpaired) electrons. The first-order chi connectivity index (χ1) is 13.1. The van der Waals surface area contributed by atoms with Crippen molar-refractivity contribution in [2.24, 2.45) is 0 Å². The minimum absolute atomic E-state index is 0.310. The van der Waals surface area contributed by atoms with Gasteiger partial charge in [0.2, 0.25) is 0 Å². The standard InChI is InChI=1S/C25H27NO/c1-20(19-21-10-16-25(27)17-11-21)7-6-18-26(2)24-14-12-23(13-15-24)22-8-4-3-5-9-22/h3-12,14-18,23,27H,13,19H2,1-2H3/b18-6-,20-7+. The molecule has 2 aromatic rings. The van der Waals surface area contributed by atoms with Gasteiger partial charge in [0.05, 0.1) is 0 Å². The van der Waals surface area contributed by atoms with Gasteiger partial charge in [0.15, 0.2) is 0 Å². The van der Waals surface area contributed by atoms with Crippen LogP contribution in [0.4, 0.5) is 0 Å². The van der Waals surface area contributed by atoms with Gasteiger partial charge >= 0.3 is 0 Å². The molecular formula is C25H27NO. The number of benzene rings is 2. The van der Waals surface area contributed by atoms with Crippen molar-refractivity contribution < 1.29 is 5.11 Å². The quantitative estimate of drug-likeness (QED) is 0.645. The maximum absolute atomic E-state index is 9.36. The minimum Gasteiger partial charge on any atom is -0.508 e. The highest BCUT2D eigenvalue weighted by molar-refractivity contribution is 5.33. The van der Waals surface area contributed by atoms with E-state index < -0.39 is 0 Å². The maximum Gasteiger partial charge on any atom is 0.115 e. The van der Waals surface area contributed by atoms with Gasteiger partial charge in [-0.1, -0.05) is 66.3 Å². The van der Waals surface area contributed by atoms with E-state index in [9.17, 15) is 5.11 Å². The molecule has 2 nitrogen and oxygen atoms in total. The number of allylic oxidation sites excluding steroid dienone is 6. The summed E-state index contributed by atoms with van der Waals surface area (Å²) in [7, 11) is 2.08. The maximum atomic E-state index is 9.36. The van der Waals surface area contributed by atoms with E-state index in [2.05, 4.69) is 85.8 Å². The number of phenolic OH excluding ortho intramolecular Hbond substituents is 1. The highest BCUT2D eigenvalue weighted by atomic mass is 16.3. The second-order valence-corrected chi connectivity index (χ2v) is 7.05. The Labute approximate surface area is 162 Å². The highest BCUT2D eigenvalue weighted by Crippen LogP contribution is 2.27. The number of likely N-dealkylation sites (N-methyl/N-ethyl adjacent to an activating group) is 1. The number of nitrogens with zero attached hydrogens (tertiary/aromatic N) is 1. The molecule has 2 heteroatoms. The molecule has 138 valence electrons. The smallest absolute Gasteiger partial charge is 0.115 e. The highest BCUT2D eigenvalue weighted by Gasteiger charge is 2.11. The van der Waals surface area contributed by atoms with Crippen molar-refractivity contribution in [1.82, 2.24) is 4.90 Å². The van der Waals surface area contributed by atoms with E-state index in [1.807, 2.05) is 12.1 Å². The average molecular weight is 357 g/mol. The molecular weight excluding hydrogens is 330 g/mol. The fourth-order valence-electron chi connectivity index (χ4n) is 3.24. The van der Waals surface area contributed by atoms with Crippen molar-refractivity contribution in [3.8, 4) is 5.75 Å². The van der Waals surface area contributed by atoms with Gasteiger partial charge in [0.1, 0.15) is 5.75 Å². The first-order valence-corrected chi connectivity index (χ1v) is 9.40. The van der Waals surface area contributed by atoms with Gasteiger partial charge in [-0.2, -0.15) is 0 Å². The molecule has 1 unspecified atom stereocenters. The van der Waals surface area contributed by atoms with Crippen LogP contribution in [-0.2, 0) is 6.42 Å². The van der Waals surface area contributed by atoms with Gasteiger partial charge in [-0.3, -0.25) is 0 Å². The summed E-state index contributed by atoms with van der Waals surface area (Å²) in [6.45, 7) is 2.13. The lowest BCUT2D eigenvalue weighted by atomic mass is 9.91. The van der Waals surface area contributed by atoms with Crippen molar-refractivity contribution in [3.05, 3.63) is 114 Å². The molecule has 3 rings (SSSR count). The van der Waals surface area contributed by atoms with Crippen LogP contribution in [0.1, 0.15) is 30.4 Å². The van der Waals surface area contributed by atoms with E-state index in [1.54, 1.807) is 12.1 Å². The third kappa shape index (κ3) is 5.49. The Hall–Kier alpha value is -3.00. The molecule has 1 aliphatic rings. The lowest BCUT2D eigenvalue weighted by Crippen LogP contribution is -2.11. The number of hydrogen-bond donors (Lipinski definition) is 1. The number of hydrogen-bond acceptors (Lipinski definition) is 2. The Morgan fingerprint density at radius 1 is 1.11 bits per heavy atom. The Balaban J connectivity index is 1.54. The molecule has 0 bridgehead atoms. The van der Waals surface area contributed by atoms with E-state index in [-0.39, 0.29) is 0 Å². The number of rotatable bonds is 6.